The van der Waals surface area contributed by atoms with E-state index in [1.165, 1.54) is 5.56 Å². The fourth-order valence-corrected chi connectivity index (χ4v) is 4.31. The molecule has 170 valence electrons. The van der Waals surface area contributed by atoms with Crippen molar-refractivity contribution in [1.82, 2.24) is 10.1 Å². The number of carbonyl (C=O) groups is 1. The van der Waals surface area contributed by atoms with Crippen LogP contribution in [0.25, 0.3) is 11.3 Å². The van der Waals surface area contributed by atoms with Crippen LogP contribution in [-0.4, -0.2) is 41.3 Å². The lowest BCUT2D eigenvalue weighted by molar-refractivity contribution is -0.160. The number of benzene rings is 1. The average molecular weight is 428 g/mol. The van der Waals surface area contributed by atoms with E-state index in [4.69, 9.17) is 15.0 Å². The molecule has 31 heavy (non-hydrogen) atoms. The first kappa shape index (κ1) is 23.5. The molecule has 1 saturated heterocycles. The van der Waals surface area contributed by atoms with Crippen molar-refractivity contribution in [2.75, 3.05) is 19.7 Å². The fourth-order valence-electron chi connectivity index (χ4n) is 4.31. The molecule has 2 aromatic rings. The predicted molar refractivity (Wildman–Crippen MR) is 122 cm³/mol. The van der Waals surface area contributed by atoms with Gasteiger partial charge in [-0.3, -0.25) is 9.69 Å². The fraction of sp³-hybridized carbons (Fsp3) is 0.600. The molecule has 0 bridgehead atoms. The summed E-state index contributed by atoms with van der Waals surface area (Å²) < 4.78 is 11.8. The molecule has 1 fully saturated rings. The molecule has 1 aromatic carbocycles. The van der Waals surface area contributed by atoms with Gasteiger partial charge in [-0.05, 0) is 42.2 Å². The first-order valence-corrected chi connectivity index (χ1v) is 11.4. The highest BCUT2D eigenvalue weighted by Crippen LogP contribution is 2.39. The second-order valence-electron chi connectivity index (χ2n) is 9.88. The number of hydrogen-bond donors (Lipinski definition) is 1. The van der Waals surface area contributed by atoms with Crippen LogP contribution in [0.3, 0.4) is 0 Å². The summed E-state index contributed by atoms with van der Waals surface area (Å²) in [5.74, 6) is 0.670. The standard InChI is InChI=1S/C25H37N3O3/c1-6-11-30-25(23(26)29)14-20(24(3,4)5)15-28(17-25)16-21-13-22(27-31-21)19-10-8-9-18(7-2)12-19/h8-10,12-13,20H,6-7,11,14-17H2,1-5H3,(H2,26,29)/t20-,25+/m1/s1. The Kier molecular flexibility index (Phi) is 7.22. The second kappa shape index (κ2) is 9.53. The van der Waals surface area contributed by atoms with Gasteiger partial charge in [0, 0.05) is 31.3 Å². The molecule has 0 saturated carbocycles. The monoisotopic (exact) mass is 427 g/mol. The Morgan fingerprint density at radius 3 is 2.74 bits per heavy atom. The van der Waals surface area contributed by atoms with Crippen LogP contribution in [-0.2, 0) is 22.5 Å². The summed E-state index contributed by atoms with van der Waals surface area (Å²) >= 11 is 0. The molecule has 2 heterocycles. The van der Waals surface area contributed by atoms with Crippen molar-refractivity contribution in [2.45, 2.75) is 66.0 Å². The number of ether oxygens (including phenoxy) is 1. The molecule has 3 rings (SSSR count). The molecule has 1 aliphatic rings. The molecule has 2 atom stereocenters. The molecule has 6 heteroatoms. The Labute approximate surface area is 186 Å². The molecule has 6 nitrogen and oxygen atoms in total. The van der Waals surface area contributed by atoms with E-state index in [1.807, 2.05) is 25.1 Å². The molecule has 1 aliphatic heterocycles. The number of carbonyl (C=O) groups excluding carboxylic acids is 1. The van der Waals surface area contributed by atoms with E-state index in [9.17, 15) is 4.79 Å². The van der Waals surface area contributed by atoms with Gasteiger partial charge in [0.05, 0.1) is 6.54 Å². The molecule has 2 N–H and O–H groups in total. The summed E-state index contributed by atoms with van der Waals surface area (Å²) in [6.07, 6.45) is 2.47. The Morgan fingerprint density at radius 1 is 1.32 bits per heavy atom. The van der Waals surface area contributed by atoms with Crippen molar-refractivity contribution in [3.63, 3.8) is 0 Å². The van der Waals surface area contributed by atoms with Crippen LogP contribution in [0.2, 0.25) is 0 Å². The number of nitrogens with zero attached hydrogens (tertiary/aromatic N) is 2. The highest BCUT2D eigenvalue weighted by molar-refractivity contribution is 5.84. The summed E-state index contributed by atoms with van der Waals surface area (Å²) in [5.41, 5.74) is 8.10. The molecule has 1 aromatic heterocycles. The number of piperidine rings is 1. The number of nitrogens with two attached hydrogens (primary N) is 1. The van der Waals surface area contributed by atoms with Crippen LogP contribution in [0.5, 0.6) is 0 Å². The predicted octanol–water partition coefficient (Wildman–Crippen LogP) is 4.42. The minimum absolute atomic E-state index is 0.0299. The summed E-state index contributed by atoms with van der Waals surface area (Å²) in [6.45, 7) is 13.2. The van der Waals surface area contributed by atoms with Gasteiger partial charge in [-0.1, -0.05) is 58.0 Å². The van der Waals surface area contributed by atoms with Crippen molar-refractivity contribution < 1.29 is 14.1 Å². The third-order valence-electron chi connectivity index (χ3n) is 6.36. The van der Waals surface area contributed by atoms with Gasteiger partial charge in [0.2, 0.25) is 0 Å². The maximum Gasteiger partial charge on any atom is 0.251 e. The van der Waals surface area contributed by atoms with Gasteiger partial charge >= 0.3 is 0 Å². The lowest BCUT2D eigenvalue weighted by atomic mass is 9.71. The van der Waals surface area contributed by atoms with Crippen molar-refractivity contribution >= 4 is 5.91 Å². The maximum atomic E-state index is 12.5. The van der Waals surface area contributed by atoms with Crippen LogP contribution in [0.15, 0.2) is 34.9 Å². The van der Waals surface area contributed by atoms with E-state index in [1.54, 1.807) is 0 Å². The van der Waals surface area contributed by atoms with E-state index < -0.39 is 5.60 Å². The molecule has 0 unspecified atom stereocenters. The highest BCUT2D eigenvalue weighted by Gasteiger charge is 2.48. The van der Waals surface area contributed by atoms with E-state index in [-0.39, 0.29) is 17.2 Å². The van der Waals surface area contributed by atoms with Gasteiger partial charge in [-0.25, -0.2) is 0 Å². The van der Waals surface area contributed by atoms with Gasteiger partial charge < -0.3 is 15.0 Å². The number of aromatic nitrogens is 1. The number of amides is 1. The number of primary amides is 1. The number of likely N-dealkylation sites (tertiary alicyclic amines) is 1. The van der Waals surface area contributed by atoms with E-state index in [0.29, 0.717) is 26.1 Å². The van der Waals surface area contributed by atoms with Crippen molar-refractivity contribution in [2.24, 2.45) is 17.1 Å². The summed E-state index contributed by atoms with van der Waals surface area (Å²) in [7, 11) is 0. The van der Waals surface area contributed by atoms with Crippen LogP contribution in [0, 0.1) is 11.3 Å². The maximum absolute atomic E-state index is 12.5. The molecule has 0 spiro atoms. The summed E-state index contributed by atoms with van der Waals surface area (Å²) in [6, 6.07) is 10.4. The highest BCUT2D eigenvalue weighted by atomic mass is 16.5. The zero-order chi connectivity index (χ0) is 22.6. The largest absolute Gasteiger partial charge is 0.367 e. The van der Waals surface area contributed by atoms with E-state index in [0.717, 1.165) is 36.4 Å². The van der Waals surface area contributed by atoms with Crippen LogP contribution >= 0.6 is 0 Å². The SMILES string of the molecule is CCCO[C@@]1(C(N)=O)C[C@@H](C(C)(C)C)CN(Cc2cc(-c3cccc(CC)c3)no2)C1. The van der Waals surface area contributed by atoms with Gasteiger partial charge in [0.15, 0.2) is 11.4 Å². The minimum atomic E-state index is -0.968. The smallest absolute Gasteiger partial charge is 0.251 e. The van der Waals surface area contributed by atoms with Crippen molar-refractivity contribution in [3.05, 3.63) is 41.7 Å². The van der Waals surface area contributed by atoms with Crippen molar-refractivity contribution in [1.29, 1.82) is 0 Å². The topological polar surface area (TPSA) is 81.6 Å². The molecular weight excluding hydrogens is 390 g/mol. The molecule has 0 radical (unpaired) electrons. The van der Waals surface area contributed by atoms with Crippen LogP contribution < -0.4 is 5.73 Å². The Morgan fingerprint density at radius 2 is 2.10 bits per heavy atom. The second-order valence-corrected chi connectivity index (χ2v) is 9.88. The normalized spacial score (nSPS) is 22.5. The quantitative estimate of drug-likeness (QED) is 0.674. The van der Waals surface area contributed by atoms with Gasteiger partial charge in [0.1, 0.15) is 5.69 Å². The number of rotatable bonds is 8. The number of aryl methyl sites for hydroxylation is 1. The van der Waals surface area contributed by atoms with Gasteiger partial charge in [0.25, 0.3) is 5.91 Å². The lowest BCUT2D eigenvalue weighted by Gasteiger charge is -2.47. The summed E-state index contributed by atoms with van der Waals surface area (Å²) in [5, 5.41) is 4.29. The Hall–Kier alpha value is -2.18. The van der Waals surface area contributed by atoms with Gasteiger partial charge in [-0.15, -0.1) is 0 Å². The van der Waals surface area contributed by atoms with E-state index in [2.05, 4.69) is 49.9 Å². The van der Waals surface area contributed by atoms with Crippen LogP contribution in [0.4, 0.5) is 0 Å². The Bertz CT molecular complexity index is 886. The summed E-state index contributed by atoms with van der Waals surface area (Å²) in [4.78, 5) is 14.8. The minimum Gasteiger partial charge on any atom is -0.367 e. The van der Waals surface area contributed by atoms with Crippen LogP contribution in [0.1, 0.15) is 58.8 Å². The molecule has 1 amide bonds. The first-order chi connectivity index (χ1) is 14.7. The number of hydrogen-bond acceptors (Lipinski definition) is 5. The van der Waals surface area contributed by atoms with Gasteiger partial charge in [-0.2, -0.15) is 0 Å². The third-order valence-corrected chi connectivity index (χ3v) is 6.36. The molecule has 0 aliphatic carbocycles. The third kappa shape index (κ3) is 5.55. The van der Waals surface area contributed by atoms with Crippen molar-refractivity contribution in [3.8, 4) is 11.3 Å². The lowest BCUT2D eigenvalue weighted by Crippen LogP contribution is -2.61. The average Bonchev–Trinajstić information content (AvgIpc) is 3.20. The molecular formula is C25H37N3O3. The van der Waals surface area contributed by atoms with E-state index >= 15 is 0 Å². The first-order valence-electron chi connectivity index (χ1n) is 11.4. The zero-order valence-corrected chi connectivity index (χ0v) is 19.6. The Balaban J connectivity index is 1.82. The zero-order valence-electron chi connectivity index (χ0n) is 19.6.